The van der Waals surface area contributed by atoms with E-state index in [9.17, 15) is 18.0 Å². The lowest BCUT2D eigenvalue weighted by Gasteiger charge is -2.13. The third-order valence-electron chi connectivity index (χ3n) is 2.61. The molecule has 3 nitrogen and oxygen atoms in total. The van der Waals surface area contributed by atoms with Gasteiger partial charge in [0.05, 0.1) is 11.1 Å². The summed E-state index contributed by atoms with van der Waals surface area (Å²) in [7, 11) is 0. The number of carbonyl (C=O) groups excluding carboxylic acids is 1. The van der Waals surface area contributed by atoms with Gasteiger partial charge in [-0.05, 0) is 42.5 Å². The first-order valence-corrected chi connectivity index (χ1v) is 6.51. The summed E-state index contributed by atoms with van der Waals surface area (Å²) in [6, 6.07) is 9.59. The normalized spacial score (nSPS) is 11.2. The zero-order valence-corrected chi connectivity index (χ0v) is 12.0. The molecule has 0 saturated carbocycles. The highest BCUT2D eigenvalue weighted by molar-refractivity contribution is 9.10. The maximum Gasteiger partial charge on any atom is 0.417 e. The van der Waals surface area contributed by atoms with Crippen molar-refractivity contribution < 1.29 is 22.7 Å². The van der Waals surface area contributed by atoms with Gasteiger partial charge in [0.1, 0.15) is 11.5 Å². The fraction of sp³-hybridized carbons (Fsp3) is 0.0714. The lowest BCUT2D eigenvalue weighted by Crippen LogP contribution is -2.18. The molecule has 0 saturated heterocycles. The van der Waals surface area contributed by atoms with Gasteiger partial charge in [0.15, 0.2) is 0 Å². The van der Waals surface area contributed by atoms with Crippen molar-refractivity contribution in [2.75, 3.05) is 0 Å². The molecule has 0 heterocycles. The largest absolute Gasteiger partial charge is 0.457 e. The minimum atomic E-state index is -4.69. The predicted molar refractivity (Wildman–Crippen MR) is 74.2 cm³/mol. The van der Waals surface area contributed by atoms with E-state index in [4.69, 9.17) is 10.5 Å². The zero-order chi connectivity index (χ0) is 15.6. The fourth-order valence-electron chi connectivity index (χ4n) is 1.67. The molecule has 21 heavy (non-hydrogen) atoms. The average Bonchev–Trinajstić information content (AvgIpc) is 2.40. The van der Waals surface area contributed by atoms with Gasteiger partial charge in [-0.15, -0.1) is 0 Å². The summed E-state index contributed by atoms with van der Waals surface area (Å²) in [5.41, 5.74) is 3.23. The van der Waals surface area contributed by atoms with Gasteiger partial charge in [-0.1, -0.05) is 15.9 Å². The van der Waals surface area contributed by atoms with Crippen LogP contribution >= 0.6 is 15.9 Å². The molecule has 110 valence electrons. The zero-order valence-electron chi connectivity index (χ0n) is 10.4. The highest BCUT2D eigenvalue weighted by Crippen LogP contribution is 2.35. The number of halogens is 4. The van der Waals surface area contributed by atoms with Crippen molar-refractivity contribution in [2.45, 2.75) is 6.18 Å². The van der Waals surface area contributed by atoms with E-state index in [1.165, 1.54) is 6.07 Å². The molecule has 1 amide bonds. The van der Waals surface area contributed by atoms with Crippen molar-refractivity contribution in [3.05, 3.63) is 58.1 Å². The first-order chi connectivity index (χ1) is 9.77. The summed E-state index contributed by atoms with van der Waals surface area (Å²) in [5, 5.41) is 0. The third-order valence-corrected chi connectivity index (χ3v) is 3.14. The molecule has 2 N–H and O–H groups in total. The van der Waals surface area contributed by atoms with Crippen molar-refractivity contribution in [1.82, 2.24) is 0 Å². The quantitative estimate of drug-likeness (QED) is 0.884. The van der Waals surface area contributed by atoms with Crippen LogP contribution in [0.2, 0.25) is 0 Å². The topological polar surface area (TPSA) is 52.3 Å². The summed E-state index contributed by atoms with van der Waals surface area (Å²) in [6.45, 7) is 0. The first kappa shape index (κ1) is 15.4. The minimum Gasteiger partial charge on any atom is -0.457 e. The first-order valence-electron chi connectivity index (χ1n) is 5.72. The number of primary amides is 1. The van der Waals surface area contributed by atoms with Gasteiger partial charge in [0, 0.05) is 4.47 Å². The molecule has 2 aromatic carbocycles. The molecule has 2 aromatic rings. The summed E-state index contributed by atoms with van der Waals surface area (Å²) in [6.07, 6.45) is -4.69. The van der Waals surface area contributed by atoms with Gasteiger partial charge in [0.25, 0.3) is 0 Å². The smallest absolute Gasteiger partial charge is 0.417 e. The van der Waals surface area contributed by atoms with Gasteiger partial charge >= 0.3 is 6.18 Å². The molecule has 0 bridgehead atoms. The van der Waals surface area contributed by atoms with Crippen molar-refractivity contribution in [3.63, 3.8) is 0 Å². The van der Waals surface area contributed by atoms with E-state index in [1.54, 1.807) is 24.3 Å². The third kappa shape index (κ3) is 3.75. The number of benzene rings is 2. The van der Waals surface area contributed by atoms with E-state index in [0.29, 0.717) is 5.75 Å². The predicted octanol–water partition coefficient (Wildman–Crippen LogP) is 4.36. The van der Waals surface area contributed by atoms with Crippen LogP contribution in [0.5, 0.6) is 11.5 Å². The molecular weight excluding hydrogens is 351 g/mol. The molecule has 0 aliphatic carbocycles. The summed E-state index contributed by atoms with van der Waals surface area (Å²) in [4.78, 5) is 11.1. The monoisotopic (exact) mass is 359 g/mol. The molecule has 0 unspecified atom stereocenters. The Morgan fingerprint density at radius 1 is 1.05 bits per heavy atom. The highest BCUT2D eigenvalue weighted by atomic mass is 79.9. The molecule has 2 rings (SSSR count). The summed E-state index contributed by atoms with van der Waals surface area (Å²) in [5.74, 6) is -0.801. The average molecular weight is 360 g/mol. The number of nitrogens with two attached hydrogens (primary N) is 1. The van der Waals surface area contributed by atoms with Crippen molar-refractivity contribution in [1.29, 1.82) is 0 Å². The van der Waals surface area contributed by atoms with Crippen molar-refractivity contribution in [2.24, 2.45) is 5.73 Å². The Morgan fingerprint density at radius 2 is 1.62 bits per heavy atom. The Bertz CT molecular complexity index is 669. The van der Waals surface area contributed by atoms with Crippen LogP contribution < -0.4 is 10.5 Å². The molecule has 0 aliphatic heterocycles. The number of hydrogen-bond donors (Lipinski definition) is 1. The van der Waals surface area contributed by atoms with E-state index in [-0.39, 0.29) is 5.75 Å². The Hall–Kier alpha value is -2.02. The molecule has 0 atom stereocenters. The Balaban J connectivity index is 2.38. The standard InChI is InChI=1S/C14H9BrF3NO2/c15-8-1-3-9(4-2-8)21-10-5-6-11(13(19)20)12(7-10)14(16,17)18/h1-7H,(H2,19,20). The van der Waals surface area contributed by atoms with E-state index < -0.39 is 23.2 Å². The number of alkyl halides is 3. The van der Waals surface area contributed by atoms with Crippen LogP contribution in [0.4, 0.5) is 13.2 Å². The molecule has 0 aromatic heterocycles. The maximum absolute atomic E-state index is 12.9. The minimum absolute atomic E-state index is 0.0327. The van der Waals surface area contributed by atoms with Crippen LogP contribution in [0.25, 0.3) is 0 Å². The fourth-order valence-corrected chi connectivity index (χ4v) is 1.94. The van der Waals surface area contributed by atoms with Crippen molar-refractivity contribution in [3.8, 4) is 11.5 Å². The van der Waals surface area contributed by atoms with Crippen LogP contribution in [0.15, 0.2) is 46.9 Å². The highest BCUT2D eigenvalue weighted by Gasteiger charge is 2.35. The maximum atomic E-state index is 12.9. The van der Waals surface area contributed by atoms with Gasteiger partial charge < -0.3 is 10.5 Å². The number of ether oxygens (including phenoxy) is 1. The molecular formula is C14H9BrF3NO2. The number of rotatable bonds is 3. The van der Waals surface area contributed by atoms with Crippen LogP contribution in [0.3, 0.4) is 0 Å². The van der Waals surface area contributed by atoms with Gasteiger partial charge in [-0.25, -0.2) is 0 Å². The molecule has 7 heteroatoms. The van der Waals surface area contributed by atoms with E-state index in [2.05, 4.69) is 15.9 Å². The van der Waals surface area contributed by atoms with Crippen LogP contribution in [0.1, 0.15) is 15.9 Å². The Labute approximate surface area is 126 Å². The molecule has 0 aliphatic rings. The van der Waals surface area contributed by atoms with Crippen LogP contribution in [0, 0.1) is 0 Å². The molecule has 0 spiro atoms. The van der Waals surface area contributed by atoms with E-state index >= 15 is 0 Å². The van der Waals surface area contributed by atoms with Crippen molar-refractivity contribution >= 4 is 21.8 Å². The Morgan fingerprint density at radius 3 is 2.14 bits per heavy atom. The number of carbonyl (C=O) groups is 1. The van der Waals surface area contributed by atoms with Gasteiger partial charge in [-0.2, -0.15) is 13.2 Å². The SMILES string of the molecule is NC(=O)c1ccc(Oc2ccc(Br)cc2)cc1C(F)(F)F. The summed E-state index contributed by atoms with van der Waals surface area (Å²) < 4.78 is 44.9. The molecule has 0 radical (unpaired) electrons. The van der Waals surface area contributed by atoms with Gasteiger partial charge in [0.2, 0.25) is 5.91 Å². The lowest BCUT2D eigenvalue weighted by atomic mass is 10.1. The van der Waals surface area contributed by atoms with Crippen LogP contribution in [-0.2, 0) is 6.18 Å². The second-order valence-corrected chi connectivity index (χ2v) is 5.04. The van der Waals surface area contributed by atoms with Gasteiger partial charge in [-0.3, -0.25) is 4.79 Å². The second kappa shape index (κ2) is 5.77. The number of hydrogen-bond acceptors (Lipinski definition) is 2. The lowest BCUT2D eigenvalue weighted by molar-refractivity contribution is -0.138. The number of amides is 1. The summed E-state index contributed by atoms with van der Waals surface area (Å²) >= 11 is 3.24. The Kier molecular flexibility index (Phi) is 4.22. The van der Waals surface area contributed by atoms with Crippen LogP contribution in [-0.4, -0.2) is 5.91 Å². The van der Waals surface area contributed by atoms with E-state index in [0.717, 1.165) is 16.6 Å². The second-order valence-electron chi connectivity index (χ2n) is 4.13. The van der Waals surface area contributed by atoms with E-state index in [1.807, 2.05) is 0 Å². The molecule has 0 fully saturated rings.